The number of hydrogen-bond acceptors (Lipinski definition) is 4. The Morgan fingerprint density at radius 3 is 2.43 bits per heavy atom. The molecule has 21 heavy (non-hydrogen) atoms. The number of benzene rings is 1. The van der Waals surface area contributed by atoms with Gasteiger partial charge >= 0.3 is 0 Å². The Labute approximate surface area is 126 Å². The fourth-order valence-electron chi connectivity index (χ4n) is 3.05. The summed E-state index contributed by atoms with van der Waals surface area (Å²) in [5.74, 6) is 0. The van der Waals surface area contributed by atoms with E-state index in [-0.39, 0.29) is 0 Å². The van der Waals surface area contributed by atoms with Crippen molar-refractivity contribution in [3.05, 3.63) is 29.3 Å². The van der Waals surface area contributed by atoms with Crippen LogP contribution in [0.2, 0.25) is 0 Å². The zero-order chi connectivity index (χ0) is 15.0. The Hall–Kier alpha value is -0.950. The first-order valence-electron chi connectivity index (χ1n) is 7.57. The van der Waals surface area contributed by atoms with Crippen LogP contribution >= 0.6 is 0 Å². The minimum atomic E-state index is -3.40. The van der Waals surface area contributed by atoms with E-state index in [0.29, 0.717) is 30.6 Å². The van der Waals surface area contributed by atoms with Crippen LogP contribution in [0, 0.1) is 6.92 Å². The van der Waals surface area contributed by atoms with Gasteiger partial charge in [0.15, 0.2) is 0 Å². The maximum Gasteiger partial charge on any atom is 0.243 e. The van der Waals surface area contributed by atoms with Crippen LogP contribution in [-0.2, 0) is 16.6 Å². The zero-order valence-electron chi connectivity index (χ0n) is 12.5. The molecule has 116 valence electrons. The second kappa shape index (κ2) is 5.68. The summed E-state index contributed by atoms with van der Waals surface area (Å²) >= 11 is 0. The van der Waals surface area contributed by atoms with Crippen molar-refractivity contribution >= 4 is 10.0 Å². The number of hydrogen-bond donors (Lipinski definition) is 1. The molecule has 1 aliphatic carbocycles. The van der Waals surface area contributed by atoms with Crippen LogP contribution in [0.25, 0.3) is 0 Å². The molecule has 0 amide bonds. The average molecular weight is 309 g/mol. The second-order valence-corrected chi connectivity index (χ2v) is 7.82. The molecule has 1 aromatic carbocycles. The largest absolute Gasteiger partial charge is 0.326 e. The first-order chi connectivity index (χ1) is 10.0. The third-order valence-electron chi connectivity index (χ3n) is 4.57. The predicted molar refractivity (Wildman–Crippen MR) is 82.4 cm³/mol. The summed E-state index contributed by atoms with van der Waals surface area (Å²) in [6.45, 7) is 5.08. The van der Waals surface area contributed by atoms with Gasteiger partial charge in [0.1, 0.15) is 0 Å². The van der Waals surface area contributed by atoms with E-state index in [1.165, 1.54) is 12.8 Å². The smallest absolute Gasteiger partial charge is 0.243 e. The van der Waals surface area contributed by atoms with Gasteiger partial charge in [0, 0.05) is 38.8 Å². The van der Waals surface area contributed by atoms with Crippen molar-refractivity contribution in [2.75, 3.05) is 26.2 Å². The Morgan fingerprint density at radius 2 is 1.86 bits per heavy atom. The van der Waals surface area contributed by atoms with Crippen molar-refractivity contribution in [3.8, 4) is 0 Å². The van der Waals surface area contributed by atoms with Gasteiger partial charge < -0.3 is 5.73 Å². The van der Waals surface area contributed by atoms with Crippen molar-refractivity contribution < 1.29 is 8.42 Å². The molecule has 1 saturated heterocycles. The number of nitrogens with two attached hydrogens (primary N) is 1. The third kappa shape index (κ3) is 2.85. The minimum absolute atomic E-state index is 0.366. The van der Waals surface area contributed by atoms with Crippen LogP contribution in [0.5, 0.6) is 0 Å². The molecule has 1 aliphatic heterocycles. The lowest BCUT2D eigenvalue weighted by Crippen LogP contribution is -2.49. The van der Waals surface area contributed by atoms with Gasteiger partial charge in [-0.2, -0.15) is 4.31 Å². The van der Waals surface area contributed by atoms with Gasteiger partial charge in [-0.25, -0.2) is 8.42 Å². The highest BCUT2D eigenvalue weighted by Crippen LogP contribution is 2.29. The lowest BCUT2D eigenvalue weighted by molar-refractivity contribution is 0.180. The van der Waals surface area contributed by atoms with Gasteiger partial charge in [-0.1, -0.05) is 12.1 Å². The number of nitrogens with zero attached hydrogens (tertiary/aromatic N) is 2. The molecule has 1 aromatic rings. The maximum absolute atomic E-state index is 12.8. The quantitative estimate of drug-likeness (QED) is 0.898. The molecular formula is C15H23N3O2S. The predicted octanol–water partition coefficient (Wildman–Crippen LogP) is 0.922. The molecule has 1 saturated carbocycles. The van der Waals surface area contributed by atoms with E-state index in [1.54, 1.807) is 16.4 Å². The van der Waals surface area contributed by atoms with E-state index >= 15 is 0 Å². The molecule has 0 radical (unpaired) electrons. The lowest BCUT2D eigenvalue weighted by Gasteiger charge is -2.34. The van der Waals surface area contributed by atoms with Crippen LogP contribution in [0.4, 0.5) is 0 Å². The fourth-order valence-corrected chi connectivity index (χ4v) is 4.74. The number of piperazine rings is 1. The second-order valence-electron chi connectivity index (χ2n) is 5.92. The summed E-state index contributed by atoms with van der Waals surface area (Å²) in [5.41, 5.74) is 7.36. The first-order valence-corrected chi connectivity index (χ1v) is 9.01. The van der Waals surface area contributed by atoms with Crippen LogP contribution < -0.4 is 5.73 Å². The molecule has 6 heteroatoms. The standard InChI is InChI=1S/C15H23N3O2S/c1-12-13(11-16)3-2-4-15(12)21(19,20)18-9-7-17(8-10-18)14-5-6-14/h2-4,14H,5-11,16H2,1H3. The topological polar surface area (TPSA) is 66.6 Å². The monoisotopic (exact) mass is 309 g/mol. The Kier molecular flexibility index (Phi) is 4.05. The molecule has 3 rings (SSSR count). The first kappa shape index (κ1) is 15.0. The highest BCUT2D eigenvalue weighted by atomic mass is 32.2. The van der Waals surface area contributed by atoms with Crippen molar-refractivity contribution in [3.63, 3.8) is 0 Å². The fraction of sp³-hybridized carbons (Fsp3) is 0.600. The van der Waals surface area contributed by atoms with Crippen LogP contribution in [0.1, 0.15) is 24.0 Å². The minimum Gasteiger partial charge on any atom is -0.326 e. The molecule has 0 spiro atoms. The van der Waals surface area contributed by atoms with E-state index in [4.69, 9.17) is 5.73 Å². The van der Waals surface area contributed by atoms with E-state index in [9.17, 15) is 8.42 Å². The molecule has 0 aromatic heterocycles. The van der Waals surface area contributed by atoms with Gasteiger partial charge in [0.2, 0.25) is 10.0 Å². The summed E-state index contributed by atoms with van der Waals surface area (Å²) in [6, 6.07) is 6.07. The molecule has 2 aliphatic rings. The average Bonchev–Trinajstić information content (AvgIpc) is 3.32. The van der Waals surface area contributed by atoms with Crippen LogP contribution in [0.3, 0.4) is 0 Å². The summed E-state index contributed by atoms with van der Waals surface area (Å²) < 4.78 is 27.3. The van der Waals surface area contributed by atoms with Gasteiger partial charge in [0.25, 0.3) is 0 Å². The van der Waals surface area contributed by atoms with E-state index < -0.39 is 10.0 Å². The lowest BCUT2D eigenvalue weighted by atomic mass is 10.1. The van der Waals surface area contributed by atoms with Crippen molar-refractivity contribution in [1.29, 1.82) is 0 Å². The van der Waals surface area contributed by atoms with Gasteiger partial charge in [0.05, 0.1) is 4.90 Å². The molecule has 2 fully saturated rings. The molecule has 5 nitrogen and oxygen atoms in total. The Bertz CT molecular complexity index is 618. The van der Waals surface area contributed by atoms with Gasteiger partial charge in [-0.05, 0) is 37.0 Å². The highest BCUT2D eigenvalue weighted by Gasteiger charge is 2.35. The summed E-state index contributed by atoms with van der Waals surface area (Å²) in [5, 5.41) is 0. The summed E-state index contributed by atoms with van der Waals surface area (Å²) in [6.07, 6.45) is 2.54. The summed E-state index contributed by atoms with van der Waals surface area (Å²) in [4.78, 5) is 2.82. The Morgan fingerprint density at radius 1 is 1.19 bits per heavy atom. The summed E-state index contributed by atoms with van der Waals surface area (Å²) in [7, 11) is -3.40. The van der Waals surface area contributed by atoms with E-state index in [2.05, 4.69) is 4.90 Å². The molecule has 0 atom stereocenters. The number of rotatable bonds is 4. The van der Waals surface area contributed by atoms with Crippen molar-refractivity contribution in [2.45, 2.75) is 37.2 Å². The number of sulfonamides is 1. The molecule has 2 N–H and O–H groups in total. The SMILES string of the molecule is Cc1c(CN)cccc1S(=O)(=O)N1CCN(C2CC2)CC1. The van der Waals surface area contributed by atoms with E-state index in [1.807, 2.05) is 13.0 Å². The highest BCUT2D eigenvalue weighted by molar-refractivity contribution is 7.89. The normalized spacial score (nSPS) is 21.6. The molecular weight excluding hydrogens is 286 g/mol. The zero-order valence-corrected chi connectivity index (χ0v) is 13.3. The van der Waals surface area contributed by atoms with Gasteiger partial charge in [-0.3, -0.25) is 4.90 Å². The van der Waals surface area contributed by atoms with Crippen LogP contribution in [0.15, 0.2) is 23.1 Å². The molecule has 0 unspecified atom stereocenters. The molecule has 0 bridgehead atoms. The third-order valence-corrected chi connectivity index (χ3v) is 6.61. The van der Waals surface area contributed by atoms with Crippen molar-refractivity contribution in [2.24, 2.45) is 5.73 Å². The maximum atomic E-state index is 12.8. The van der Waals surface area contributed by atoms with E-state index in [0.717, 1.165) is 24.2 Å². The van der Waals surface area contributed by atoms with Crippen molar-refractivity contribution in [1.82, 2.24) is 9.21 Å². The van der Waals surface area contributed by atoms with Gasteiger partial charge in [-0.15, -0.1) is 0 Å². The molecule has 1 heterocycles. The Balaban J connectivity index is 1.80. The van der Waals surface area contributed by atoms with Crippen LogP contribution in [-0.4, -0.2) is 49.8 Å².